The van der Waals surface area contributed by atoms with Gasteiger partial charge in [0.2, 0.25) is 0 Å². The van der Waals surface area contributed by atoms with Crippen molar-refractivity contribution >= 4 is 5.82 Å². The SMILES string of the molecule is CC(C)c1nc(-c2cnc(N)c(OC(F)(F)F)c2)cn1[C@H]1[C@@H]2CN(CCF)C[C@@H]21. The second-order valence-electron chi connectivity index (χ2n) is 7.97. The van der Waals surface area contributed by atoms with Gasteiger partial charge >= 0.3 is 6.36 Å². The van der Waals surface area contributed by atoms with Crippen molar-refractivity contribution in [2.75, 3.05) is 32.0 Å². The number of alkyl halides is 4. The number of nitrogens with two attached hydrogens (primary N) is 1. The van der Waals surface area contributed by atoms with Gasteiger partial charge in [-0.25, -0.2) is 14.4 Å². The molecule has 1 saturated heterocycles. The van der Waals surface area contributed by atoms with E-state index >= 15 is 0 Å². The van der Waals surface area contributed by atoms with E-state index < -0.39 is 12.1 Å². The minimum absolute atomic E-state index is 0.139. The highest BCUT2D eigenvalue weighted by Gasteiger charge is 2.57. The monoisotopic (exact) mass is 413 g/mol. The van der Waals surface area contributed by atoms with Crippen LogP contribution in [-0.4, -0.2) is 52.1 Å². The van der Waals surface area contributed by atoms with Gasteiger partial charge < -0.3 is 19.9 Å². The Hall–Kier alpha value is -2.36. The van der Waals surface area contributed by atoms with Gasteiger partial charge in [0.05, 0.1) is 5.69 Å². The molecule has 10 heteroatoms. The number of halogens is 4. The smallest absolute Gasteiger partial charge is 0.402 e. The number of rotatable bonds is 6. The zero-order valence-electron chi connectivity index (χ0n) is 16.2. The molecule has 0 spiro atoms. The van der Waals surface area contributed by atoms with Crippen molar-refractivity contribution in [1.82, 2.24) is 19.4 Å². The van der Waals surface area contributed by atoms with Crippen molar-refractivity contribution in [2.24, 2.45) is 11.8 Å². The lowest BCUT2D eigenvalue weighted by atomic mass is 10.2. The van der Waals surface area contributed by atoms with Crippen molar-refractivity contribution in [1.29, 1.82) is 0 Å². The summed E-state index contributed by atoms with van der Waals surface area (Å²) in [4.78, 5) is 10.6. The van der Waals surface area contributed by atoms with E-state index in [9.17, 15) is 17.6 Å². The van der Waals surface area contributed by atoms with Gasteiger partial charge in [0.15, 0.2) is 11.6 Å². The topological polar surface area (TPSA) is 69.2 Å². The van der Waals surface area contributed by atoms with Gasteiger partial charge in [-0.3, -0.25) is 0 Å². The fourth-order valence-corrected chi connectivity index (χ4v) is 4.31. The van der Waals surface area contributed by atoms with Gasteiger partial charge in [0, 0.05) is 49.6 Å². The van der Waals surface area contributed by atoms with Crippen LogP contribution in [0.4, 0.5) is 23.4 Å². The normalized spacial score (nSPS) is 24.2. The highest BCUT2D eigenvalue weighted by atomic mass is 19.4. The fraction of sp³-hybridized carbons (Fsp3) is 0.579. The highest BCUT2D eigenvalue weighted by molar-refractivity contribution is 5.64. The van der Waals surface area contributed by atoms with Crippen molar-refractivity contribution in [2.45, 2.75) is 32.2 Å². The Balaban J connectivity index is 1.61. The Morgan fingerprint density at radius 2 is 1.97 bits per heavy atom. The molecule has 29 heavy (non-hydrogen) atoms. The van der Waals surface area contributed by atoms with Gasteiger partial charge in [0.1, 0.15) is 12.5 Å². The summed E-state index contributed by atoms with van der Waals surface area (Å²) in [5.41, 5.74) is 6.46. The number of likely N-dealkylation sites (tertiary alicyclic amines) is 1. The number of aromatic nitrogens is 3. The molecule has 2 aromatic heterocycles. The van der Waals surface area contributed by atoms with Crippen LogP contribution in [0, 0.1) is 11.8 Å². The molecule has 2 N–H and O–H groups in total. The summed E-state index contributed by atoms with van der Waals surface area (Å²) in [5.74, 6) is 1.04. The molecule has 1 aliphatic heterocycles. The molecule has 0 bridgehead atoms. The number of nitrogens with zero attached hydrogens (tertiary/aromatic N) is 4. The molecule has 2 aliphatic rings. The predicted octanol–water partition coefficient (Wildman–Crippen LogP) is 3.62. The van der Waals surface area contributed by atoms with Crippen molar-refractivity contribution < 1.29 is 22.3 Å². The maximum atomic E-state index is 12.6. The maximum Gasteiger partial charge on any atom is 0.573 e. The molecule has 2 fully saturated rings. The van der Waals surface area contributed by atoms with Crippen molar-refractivity contribution in [3.63, 3.8) is 0 Å². The summed E-state index contributed by atoms with van der Waals surface area (Å²) in [6.45, 7) is 5.88. The third-order valence-electron chi connectivity index (χ3n) is 5.63. The Bertz CT molecular complexity index is 885. The van der Waals surface area contributed by atoms with E-state index in [1.54, 1.807) is 0 Å². The van der Waals surface area contributed by atoms with Gasteiger partial charge in [-0.2, -0.15) is 0 Å². The molecular weight excluding hydrogens is 390 g/mol. The van der Waals surface area contributed by atoms with Crippen LogP contribution in [0.15, 0.2) is 18.5 Å². The summed E-state index contributed by atoms with van der Waals surface area (Å²) in [6.07, 6.45) is -1.59. The Morgan fingerprint density at radius 3 is 2.55 bits per heavy atom. The molecule has 0 radical (unpaired) electrons. The lowest BCUT2D eigenvalue weighted by Gasteiger charge is -2.19. The molecule has 1 aliphatic carbocycles. The van der Waals surface area contributed by atoms with Crippen molar-refractivity contribution in [3.05, 3.63) is 24.3 Å². The van der Waals surface area contributed by atoms with Gasteiger partial charge in [-0.1, -0.05) is 13.8 Å². The second kappa shape index (κ2) is 7.16. The zero-order chi connectivity index (χ0) is 20.9. The molecule has 0 amide bonds. The quantitative estimate of drug-likeness (QED) is 0.733. The molecule has 3 heterocycles. The van der Waals surface area contributed by atoms with Gasteiger partial charge in [-0.15, -0.1) is 13.2 Å². The van der Waals surface area contributed by atoms with E-state index in [4.69, 9.17) is 5.73 Å². The summed E-state index contributed by atoms with van der Waals surface area (Å²) >= 11 is 0. The standard InChI is InChI=1S/C19H23F4N5O/c1-10(2)18-26-14(11-5-15(17(24)25-6-11)29-19(21,22)23)9-28(18)16-12-7-27(4-3-20)8-13(12)16/h5-6,9-10,12-13,16H,3-4,7-8H2,1-2H3,(H2,24,25)/t12-,13+,16+. The number of pyridine rings is 1. The molecule has 3 atom stereocenters. The Kier molecular flexibility index (Phi) is 4.92. The number of fused-ring (bicyclic) bond motifs is 1. The van der Waals surface area contributed by atoms with Crippen LogP contribution in [0.3, 0.4) is 0 Å². The van der Waals surface area contributed by atoms with E-state index in [0.29, 0.717) is 29.6 Å². The average Bonchev–Trinajstić information content (AvgIpc) is 2.98. The van der Waals surface area contributed by atoms with E-state index in [1.807, 2.05) is 20.0 Å². The molecular formula is C19H23F4N5O. The van der Waals surface area contributed by atoms with Crippen LogP contribution >= 0.6 is 0 Å². The van der Waals surface area contributed by atoms with Crippen LogP contribution in [-0.2, 0) is 0 Å². The van der Waals surface area contributed by atoms with E-state index in [1.165, 1.54) is 12.3 Å². The van der Waals surface area contributed by atoms with Crippen LogP contribution in [0.25, 0.3) is 11.3 Å². The molecule has 2 aromatic rings. The predicted molar refractivity (Wildman–Crippen MR) is 99.1 cm³/mol. The number of imidazole rings is 1. The minimum atomic E-state index is -4.85. The van der Waals surface area contributed by atoms with E-state index in [2.05, 4.69) is 24.2 Å². The van der Waals surface area contributed by atoms with Crippen LogP contribution in [0.1, 0.15) is 31.6 Å². The maximum absolute atomic E-state index is 12.6. The zero-order valence-corrected chi connectivity index (χ0v) is 16.2. The lowest BCUT2D eigenvalue weighted by molar-refractivity contribution is -0.274. The highest BCUT2D eigenvalue weighted by Crippen LogP contribution is 2.56. The van der Waals surface area contributed by atoms with Crippen molar-refractivity contribution in [3.8, 4) is 17.0 Å². The third-order valence-corrected chi connectivity index (χ3v) is 5.63. The number of hydrogen-bond donors (Lipinski definition) is 1. The number of anilines is 1. The molecule has 4 rings (SSSR count). The first-order valence-corrected chi connectivity index (χ1v) is 9.56. The largest absolute Gasteiger partial charge is 0.573 e. The number of piperidine rings is 1. The second-order valence-corrected chi connectivity index (χ2v) is 7.97. The first-order valence-electron chi connectivity index (χ1n) is 9.56. The lowest BCUT2D eigenvalue weighted by Crippen LogP contribution is -2.27. The summed E-state index contributed by atoms with van der Waals surface area (Å²) in [5, 5.41) is 0. The molecule has 0 unspecified atom stereocenters. The summed E-state index contributed by atoms with van der Waals surface area (Å²) in [7, 11) is 0. The number of nitrogen functional groups attached to an aromatic ring is 1. The molecule has 158 valence electrons. The van der Waals surface area contributed by atoms with E-state index in [0.717, 1.165) is 18.9 Å². The Morgan fingerprint density at radius 1 is 1.28 bits per heavy atom. The molecule has 1 saturated carbocycles. The van der Waals surface area contributed by atoms with Crippen LogP contribution in [0.2, 0.25) is 0 Å². The third kappa shape index (κ3) is 3.90. The first kappa shape index (κ1) is 19.9. The fourth-order valence-electron chi connectivity index (χ4n) is 4.31. The molecule has 6 nitrogen and oxygen atoms in total. The van der Waals surface area contributed by atoms with E-state index in [-0.39, 0.29) is 24.5 Å². The average molecular weight is 413 g/mol. The molecule has 0 aromatic carbocycles. The summed E-state index contributed by atoms with van der Waals surface area (Å²) < 4.78 is 56.5. The van der Waals surface area contributed by atoms with Crippen LogP contribution in [0.5, 0.6) is 5.75 Å². The summed E-state index contributed by atoms with van der Waals surface area (Å²) in [6, 6.07) is 1.50. The Labute approximate surface area is 165 Å². The van der Waals surface area contributed by atoms with Gasteiger partial charge in [-0.05, 0) is 17.9 Å². The van der Waals surface area contributed by atoms with Crippen LogP contribution < -0.4 is 10.5 Å². The number of hydrogen-bond acceptors (Lipinski definition) is 5. The minimum Gasteiger partial charge on any atom is -0.402 e. The first-order chi connectivity index (χ1) is 13.7. The van der Waals surface area contributed by atoms with Gasteiger partial charge in [0.25, 0.3) is 0 Å². The number of ether oxygens (including phenoxy) is 1.